The summed E-state index contributed by atoms with van der Waals surface area (Å²) in [6, 6.07) is 10.1. The molecule has 0 amide bonds. The quantitative estimate of drug-likeness (QED) is 0.576. The van der Waals surface area contributed by atoms with Crippen molar-refractivity contribution in [1.29, 1.82) is 0 Å². The average Bonchev–Trinajstić information content (AvgIpc) is 2.46. The van der Waals surface area contributed by atoms with Crippen molar-refractivity contribution < 1.29 is 0 Å². The molecule has 2 aromatic rings. The summed E-state index contributed by atoms with van der Waals surface area (Å²) in [5.41, 5.74) is 5.09. The fraction of sp³-hybridized carbons (Fsp3) is 0.333. The van der Waals surface area contributed by atoms with Gasteiger partial charge in [0.2, 0.25) is 0 Å². The number of hydrazine groups is 1. The highest BCUT2D eigenvalue weighted by atomic mass is 15.3. The zero-order valence-electron chi connectivity index (χ0n) is 12.1. The van der Waals surface area contributed by atoms with E-state index in [1.54, 1.807) is 0 Å². The van der Waals surface area contributed by atoms with Gasteiger partial charge in [-0.3, -0.25) is 0 Å². The summed E-state index contributed by atoms with van der Waals surface area (Å²) < 4.78 is 0. The summed E-state index contributed by atoms with van der Waals surface area (Å²) in [5.74, 6) is 7.87. The number of aromatic nitrogens is 2. The normalized spacial score (nSPS) is 10.7. The third-order valence-electron chi connectivity index (χ3n) is 3.13. The highest BCUT2D eigenvalue weighted by Gasteiger charge is 2.07. The number of anilines is 2. The molecule has 0 saturated carbocycles. The first-order valence-electron chi connectivity index (χ1n) is 6.74. The lowest BCUT2D eigenvalue weighted by atomic mass is 10.1. The van der Waals surface area contributed by atoms with Crippen molar-refractivity contribution in [3.63, 3.8) is 0 Å². The van der Waals surface area contributed by atoms with Crippen molar-refractivity contribution in [3.8, 4) is 0 Å². The van der Waals surface area contributed by atoms with Crippen molar-refractivity contribution in [2.24, 2.45) is 5.84 Å². The van der Waals surface area contributed by atoms with Gasteiger partial charge in [0.25, 0.3) is 0 Å². The summed E-state index contributed by atoms with van der Waals surface area (Å²) in [4.78, 5) is 8.84. The van der Waals surface area contributed by atoms with Gasteiger partial charge in [-0.15, -0.1) is 0 Å². The van der Waals surface area contributed by atoms with Gasteiger partial charge in [0, 0.05) is 18.5 Å². The average molecular weight is 271 g/mol. The lowest BCUT2D eigenvalue weighted by molar-refractivity contribution is 0.775. The molecular formula is C15H21N5. The minimum absolute atomic E-state index is 0.252. The molecule has 0 saturated heterocycles. The van der Waals surface area contributed by atoms with Crippen molar-refractivity contribution in [2.45, 2.75) is 33.2 Å². The molecule has 4 N–H and O–H groups in total. The summed E-state index contributed by atoms with van der Waals surface area (Å²) in [5, 5.41) is 3.33. The van der Waals surface area contributed by atoms with Gasteiger partial charge in [-0.2, -0.15) is 0 Å². The zero-order chi connectivity index (χ0) is 14.5. The zero-order valence-corrected chi connectivity index (χ0v) is 12.1. The van der Waals surface area contributed by atoms with E-state index < -0.39 is 0 Å². The molecule has 2 rings (SSSR count). The van der Waals surface area contributed by atoms with Gasteiger partial charge < -0.3 is 10.7 Å². The first-order valence-corrected chi connectivity index (χ1v) is 6.74. The molecule has 0 spiro atoms. The van der Waals surface area contributed by atoms with E-state index >= 15 is 0 Å². The van der Waals surface area contributed by atoms with Gasteiger partial charge in [0.1, 0.15) is 17.5 Å². The van der Waals surface area contributed by atoms with Crippen LogP contribution in [0.25, 0.3) is 0 Å². The minimum atomic E-state index is 0.252. The predicted octanol–water partition coefficient (Wildman–Crippen LogP) is 2.81. The molecule has 5 heteroatoms. The second-order valence-corrected chi connectivity index (χ2v) is 5.08. The van der Waals surface area contributed by atoms with E-state index in [1.165, 1.54) is 11.1 Å². The minimum Gasteiger partial charge on any atom is -0.366 e. The molecule has 0 aliphatic rings. The van der Waals surface area contributed by atoms with E-state index in [9.17, 15) is 0 Å². The second-order valence-electron chi connectivity index (χ2n) is 5.08. The number of nitrogens with zero attached hydrogens (tertiary/aromatic N) is 2. The molecule has 0 aliphatic carbocycles. The van der Waals surface area contributed by atoms with Gasteiger partial charge in [0.15, 0.2) is 0 Å². The number of nitrogens with two attached hydrogens (primary N) is 1. The Morgan fingerprint density at radius 3 is 2.50 bits per heavy atom. The molecule has 0 bridgehead atoms. The third-order valence-corrected chi connectivity index (χ3v) is 3.13. The van der Waals surface area contributed by atoms with E-state index in [4.69, 9.17) is 5.84 Å². The molecule has 1 aromatic carbocycles. The molecule has 0 aliphatic heterocycles. The Balaban J connectivity index is 2.17. The van der Waals surface area contributed by atoms with E-state index in [2.05, 4.69) is 53.6 Å². The smallest absolute Gasteiger partial charge is 0.145 e. The molecule has 1 aromatic heterocycles. The van der Waals surface area contributed by atoms with Crippen LogP contribution in [0.5, 0.6) is 0 Å². The fourth-order valence-corrected chi connectivity index (χ4v) is 1.88. The number of hydrogen-bond donors (Lipinski definition) is 3. The number of nitrogens with one attached hydrogen (secondary N) is 2. The van der Waals surface area contributed by atoms with E-state index in [1.807, 2.05) is 18.2 Å². The van der Waals surface area contributed by atoms with Crippen molar-refractivity contribution in [1.82, 2.24) is 9.97 Å². The highest BCUT2D eigenvalue weighted by Crippen LogP contribution is 2.17. The van der Waals surface area contributed by atoms with Gasteiger partial charge in [-0.25, -0.2) is 15.8 Å². The molecule has 106 valence electrons. The topological polar surface area (TPSA) is 75.9 Å². The van der Waals surface area contributed by atoms with Crippen LogP contribution < -0.4 is 16.6 Å². The number of aryl methyl sites for hydroxylation is 1. The number of hydrogen-bond acceptors (Lipinski definition) is 5. The molecule has 0 radical (unpaired) electrons. The molecule has 20 heavy (non-hydrogen) atoms. The maximum atomic E-state index is 5.45. The molecule has 0 unspecified atom stereocenters. The fourth-order valence-electron chi connectivity index (χ4n) is 1.88. The number of nitrogen functional groups attached to an aromatic ring is 1. The number of benzene rings is 1. The standard InChI is InChI=1S/C15H21N5/c1-10(2)15-18-13(8-14(19-15)20-16)17-9-12-7-5-4-6-11(12)3/h4-8,10H,9,16H2,1-3H3,(H2,17,18,19,20). The Labute approximate surface area is 119 Å². The summed E-state index contributed by atoms with van der Waals surface area (Å²) in [6.45, 7) is 6.94. The maximum absolute atomic E-state index is 5.45. The van der Waals surface area contributed by atoms with Gasteiger partial charge in [0.05, 0.1) is 0 Å². The van der Waals surface area contributed by atoms with Crippen LogP contribution in [0.2, 0.25) is 0 Å². The van der Waals surface area contributed by atoms with Crippen molar-refractivity contribution in [3.05, 3.63) is 47.3 Å². The molecule has 1 heterocycles. The van der Waals surface area contributed by atoms with Crippen LogP contribution in [0.3, 0.4) is 0 Å². The van der Waals surface area contributed by atoms with Gasteiger partial charge in [-0.05, 0) is 18.1 Å². The van der Waals surface area contributed by atoms with E-state index in [0.29, 0.717) is 5.82 Å². The van der Waals surface area contributed by atoms with Gasteiger partial charge >= 0.3 is 0 Å². The lowest BCUT2D eigenvalue weighted by Crippen LogP contribution is -2.13. The Kier molecular flexibility index (Phi) is 4.53. The van der Waals surface area contributed by atoms with Crippen LogP contribution in [0.15, 0.2) is 30.3 Å². The van der Waals surface area contributed by atoms with Crippen LogP contribution in [-0.4, -0.2) is 9.97 Å². The predicted molar refractivity (Wildman–Crippen MR) is 82.4 cm³/mol. The maximum Gasteiger partial charge on any atom is 0.145 e. The molecule has 5 nitrogen and oxygen atoms in total. The van der Waals surface area contributed by atoms with Crippen LogP contribution in [0.4, 0.5) is 11.6 Å². The van der Waals surface area contributed by atoms with Crippen LogP contribution in [0, 0.1) is 6.92 Å². The molecular weight excluding hydrogens is 250 g/mol. The molecule has 0 fully saturated rings. The molecule has 0 atom stereocenters. The highest BCUT2D eigenvalue weighted by molar-refractivity contribution is 5.47. The van der Waals surface area contributed by atoms with Crippen LogP contribution in [0.1, 0.15) is 36.7 Å². The van der Waals surface area contributed by atoms with Crippen molar-refractivity contribution in [2.75, 3.05) is 10.7 Å². The van der Waals surface area contributed by atoms with E-state index in [-0.39, 0.29) is 5.92 Å². The largest absolute Gasteiger partial charge is 0.366 e. The first-order chi connectivity index (χ1) is 9.60. The summed E-state index contributed by atoms with van der Waals surface area (Å²) >= 11 is 0. The first kappa shape index (κ1) is 14.3. The Morgan fingerprint density at radius 2 is 1.85 bits per heavy atom. The summed E-state index contributed by atoms with van der Waals surface area (Å²) in [6.07, 6.45) is 0. The second kappa shape index (κ2) is 6.34. The van der Waals surface area contributed by atoms with E-state index in [0.717, 1.165) is 18.2 Å². The summed E-state index contributed by atoms with van der Waals surface area (Å²) in [7, 11) is 0. The van der Waals surface area contributed by atoms with Crippen LogP contribution >= 0.6 is 0 Å². The Bertz CT molecular complexity index is 580. The van der Waals surface area contributed by atoms with Crippen molar-refractivity contribution >= 4 is 11.6 Å². The Morgan fingerprint density at radius 1 is 1.15 bits per heavy atom. The third kappa shape index (κ3) is 3.45. The SMILES string of the molecule is Cc1ccccc1CNc1cc(NN)nc(C(C)C)n1. The van der Waals surface area contributed by atoms with Gasteiger partial charge in [-0.1, -0.05) is 38.1 Å². The monoisotopic (exact) mass is 271 g/mol. The Hall–Kier alpha value is -2.14. The lowest BCUT2D eigenvalue weighted by Gasteiger charge is -2.12. The number of rotatable bonds is 5. The van der Waals surface area contributed by atoms with Crippen LogP contribution in [-0.2, 0) is 6.54 Å².